The maximum absolute atomic E-state index is 11.7. The van der Waals surface area contributed by atoms with E-state index in [2.05, 4.69) is 10.5 Å². The highest BCUT2D eigenvalue weighted by Gasteiger charge is 2.15. The van der Waals surface area contributed by atoms with Gasteiger partial charge < -0.3 is 0 Å². The second kappa shape index (κ2) is 2.13. The lowest BCUT2D eigenvalue weighted by molar-refractivity contribution is 0.226. The van der Waals surface area contributed by atoms with Crippen LogP contribution in [0.5, 0.6) is 0 Å². The Morgan fingerprint density at radius 2 is 2.22 bits per heavy atom. The summed E-state index contributed by atoms with van der Waals surface area (Å²) in [5, 5.41) is 3.22. The van der Waals surface area contributed by atoms with E-state index >= 15 is 0 Å². The van der Waals surface area contributed by atoms with Crippen molar-refractivity contribution in [3.05, 3.63) is 11.8 Å². The second-order valence-electron chi connectivity index (χ2n) is 1.71. The maximum atomic E-state index is 11.7. The Morgan fingerprint density at radius 3 is 2.44 bits per heavy atom. The van der Waals surface area contributed by atoms with E-state index < -0.39 is 6.43 Å². The summed E-state index contributed by atoms with van der Waals surface area (Å²) in [6.45, 7) is 1.62. The van der Waals surface area contributed by atoms with Crippen LogP contribution in [0.2, 0.25) is 0 Å². The molecule has 0 spiro atoms. The summed E-state index contributed by atoms with van der Waals surface area (Å²) in [6, 6.07) is 0. The molecule has 49 valence electrons. The molecule has 0 aromatic heterocycles. The molecule has 0 unspecified atom stereocenters. The molecule has 1 rings (SSSR count). The van der Waals surface area contributed by atoms with Crippen LogP contribution in [-0.2, 0) is 0 Å². The van der Waals surface area contributed by atoms with Gasteiger partial charge in [-0.25, -0.2) is 8.78 Å². The molecule has 0 saturated heterocycles. The molecule has 0 bridgehead atoms. The standard InChI is InChI=1S/C5H5F2N2/c1-3-2-4(5(6)7)9-8-3/h2,5H,1H3. The lowest BCUT2D eigenvalue weighted by Crippen LogP contribution is -2.04. The highest BCUT2D eigenvalue weighted by atomic mass is 19.3. The van der Waals surface area contributed by atoms with Gasteiger partial charge in [-0.1, -0.05) is 0 Å². The van der Waals surface area contributed by atoms with Crippen molar-refractivity contribution < 1.29 is 8.78 Å². The van der Waals surface area contributed by atoms with E-state index in [1.165, 1.54) is 6.08 Å². The molecule has 9 heavy (non-hydrogen) atoms. The van der Waals surface area contributed by atoms with Crippen molar-refractivity contribution in [1.82, 2.24) is 5.43 Å². The minimum atomic E-state index is -2.49. The molecular formula is C5H5F2N2. The van der Waals surface area contributed by atoms with Gasteiger partial charge in [-0.3, -0.25) is 0 Å². The van der Waals surface area contributed by atoms with E-state index in [9.17, 15) is 8.78 Å². The van der Waals surface area contributed by atoms with E-state index in [1.807, 2.05) is 0 Å². The summed E-state index contributed by atoms with van der Waals surface area (Å²) >= 11 is 0. The predicted molar refractivity (Wildman–Crippen MR) is 29.3 cm³/mol. The van der Waals surface area contributed by atoms with Gasteiger partial charge in [-0.2, -0.15) is 5.43 Å². The predicted octanol–water partition coefficient (Wildman–Crippen LogP) is 1.13. The third-order valence-electron chi connectivity index (χ3n) is 0.904. The van der Waals surface area contributed by atoms with Crippen LogP contribution in [0.3, 0.4) is 0 Å². The van der Waals surface area contributed by atoms with E-state index in [0.29, 0.717) is 5.70 Å². The fourth-order valence-corrected chi connectivity index (χ4v) is 0.515. The zero-order chi connectivity index (χ0) is 6.85. The van der Waals surface area contributed by atoms with Crippen LogP contribution in [-0.4, -0.2) is 12.1 Å². The number of allylic oxidation sites excluding steroid dienone is 2. The number of halogens is 2. The van der Waals surface area contributed by atoms with Gasteiger partial charge in [0, 0.05) is 0 Å². The minimum Gasteiger partial charge on any atom is -0.203 e. The van der Waals surface area contributed by atoms with Crippen LogP contribution in [0, 0.1) is 0 Å². The molecule has 0 fully saturated rings. The fraction of sp³-hybridized carbons (Fsp3) is 0.400. The Morgan fingerprint density at radius 1 is 1.56 bits per heavy atom. The molecule has 0 saturated carbocycles. The van der Waals surface area contributed by atoms with Crippen molar-refractivity contribution in [2.24, 2.45) is 5.10 Å². The molecule has 1 heterocycles. The third-order valence-corrected chi connectivity index (χ3v) is 0.904. The fourth-order valence-electron chi connectivity index (χ4n) is 0.515. The van der Waals surface area contributed by atoms with Gasteiger partial charge >= 0.3 is 0 Å². The van der Waals surface area contributed by atoms with Crippen molar-refractivity contribution in [2.75, 3.05) is 0 Å². The smallest absolute Gasteiger partial charge is 0.203 e. The van der Waals surface area contributed by atoms with Crippen molar-refractivity contribution >= 4 is 5.71 Å². The second-order valence-corrected chi connectivity index (χ2v) is 1.71. The van der Waals surface area contributed by atoms with E-state index in [4.69, 9.17) is 0 Å². The van der Waals surface area contributed by atoms with Crippen molar-refractivity contribution in [2.45, 2.75) is 13.3 Å². The Kier molecular flexibility index (Phi) is 1.46. The molecule has 0 N–H and O–H groups in total. The number of hydrogen-bond acceptors (Lipinski definition) is 1. The lowest BCUT2D eigenvalue weighted by Gasteiger charge is -1.88. The SMILES string of the molecule is CC1=CC(C(F)F)=N[N]1. The van der Waals surface area contributed by atoms with Crippen molar-refractivity contribution in [1.29, 1.82) is 0 Å². The molecule has 1 aliphatic rings. The largest absolute Gasteiger partial charge is 0.282 e. The normalized spacial score (nSPS) is 17.3. The van der Waals surface area contributed by atoms with Gasteiger partial charge in [0.05, 0.1) is 5.70 Å². The highest BCUT2D eigenvalue weighted by Crippen LogP contribution is 2.06. The number of nitrogens with zero attached hydrogens (tertiary/aromatic N) is 2. The molecule has 0 amide bonds. The molecule has 0 aromatic rings. The van der Waals surface area contributed by atoms with Gasteiger partial charge in [0.15, 0.2) is 0 Å². The Balaban J connectivity index is 2.64. The highest BCUT2D eigenvalue weighted by molar-refractivity contribution is 5.99. The molecule has 0 aromatic carbocycles. The van der Waals surface area contributed by atoms with Crippen LogP contribution >= 0.6 is 0 Å². The third kappa shape index (κ3) is 1.25. The van der Waals surface area contributed by atoms with Crippen molar-refractivity contribution in [3.63, 3.8) is 0 Å². The Bertz CT molecular complexity index is 172. The first-order chi connectivity index (χ1) is 4.20. The summed E-state index contributed by atoms with van der Waals surface area (Å²) in [6.07, 6.45) is -1.23. The molecule has 1 radical (unpaired) electrons. The molecule has 2 nitrogen and oxygen atoms in total. The van der Waals surface area contributed by atoms with Gasteiger partial charge in [0.25, 0.3) is 6.43 Å². The molecule has 0 aliphatic carbocycles. The lowest BCUT2D eigenvalue weighted by atomic mass is 10.3. The van der Waals surface area contributed by atoms with Gasteiger partial charge in [-0.05, 0) is 13.0 Å². The first kappa shape index (κ1) is 6.19. The summed E-state index contributed by atoms with van der Waals surface area (Å²) in [5.74, 6) is 0. The Labute approximate surface area is 51.2 Å². The first-order valence-electron chi connectivity index (χ1n) is 2.45. The van der Waals surface area contributed by atoms with Crippen LogP contribution in [0.4, 0.5) is 8.78 Å². The summed E-state index contributed by atoms with van der Waals surface area (Å²) < 4.78 is 23.4. The van der Waals surface area contributed by atoms with Crippen LogP contribution < -0.4 is 5.43 Å². The van der Waals surface area contributed by atoms with E-state index in [-0.39, 0.29) is 5.71 Å². The summed E-state index contributed by atoms with van der Waals surface area (Å²) in [7, 11) is 0. The van der Waals surface area contributed by atoms with Gasteiger partial charge in [-0.15, -0.1) is 5.10 Å². The summed E-state index contributed by atoms with van der Waals surface area (Å²) in [5.41, 5.74) is 3.70. The van der Waals surface area contributed by atoms with E-state index in [1.54, 1.807) is 6.92 Å². The maximum Gasteiger partial charge on any atom is 0.282 e. The van der Waals surface area contributed by atoms with Gasteiger partial charge in [0.1, 0.15) is 5.71 Å². The molecule has 0 atom stereocenters. The average Bonchev–Trinajstić information content (AvgIpc) is 2.14. The average molecular weight is 131 g/mol. The topological polar surface area (TPSA) is 26.5 Å². The quantitative estimate of drug-likeness (QED) is 0.510. The molecule has 4 heteroatoms. The first-order valence-corrected chi connectivity index (χ1v) is 2.45. The zero-order valence-electron chi connectivity index (χ0n) is 4.81. The van der Waals surface area contributed by atoms with E-state index in [0.717, 1.165) is 0 Å². The number of rotatable bonds is 1. The van der Waals surface area contributed by atoms with Gasteiger partial charge in [0.2, 0.25) is 0 Å². The molecule has 1 aliphatic heterocycles. The Hall–Kier alpha value is -0.930. The minimum absolute atomic E-state index is 0.243. The van der Waals surface area contributed by atoms with Crippen molar-refractivity contribution in [3.8, 4) is 0 Å². The van der Waals surface area contributed by atoms with Crippen LogP contribution in [0.25, 0.3) is 0 Å². The van der Waals surface area contributed by atoms with Crippen LogP contribution in [0.1, 0.15) is 6.92 Å². The zero-order valence-corrected chi connectivity index (χ0v) is 4.81. The monoisotopic (exact) mass is 131 g/mol. The number of alkyl halides is 2. The van der Waals surface area contributed by atoms with Crippen LogP contribution in [0.15, 0.2) is 16.9 Å². The number of hydrogen-bond donors (Lipinski definition) is 0. The summed E-state index contributed by atoms with van der Waals surface area (Å²) in [4.78, 5) is 0. The molecular weight excluding hydrogens is 126 g/mol.